The van der Waals surface area contributed by atoms with E-state index >= 15 is 0 Å². The molecule has 2 aliphatic heterocycles. The highest BCUT2D eigenvalue weighted by molar-refractivity contribution is 7.99. The van der Waals surface area contributed by atoms with Gasteiger partial charge in [0.05, 0.1) is 5.69 Å². The Labute approximate surface area is 187 Å². The number of thioether (sulfide) groups is 1. The molecule has 1 aromatic carbocycles. The molecule has 2 amide bonds. The normalized spacial score (nSPS) is 16.7. The number of carbonyl (C=O) groups is 2. The molecule has 2 aliphatic rings. The quantitative estimate of drug-likeness (QED) is 0.745. The molecule has 0 aliphatic carbocycles. The first-order chi connectivity index (χ1) is 15.1. The van der Waals surface area contributed by atoms with Crippen molar-refractivity contribution in [3.05, 3.63) is 48.2 Å². The molecule has 0 bridgehead atoms. The van der Waals surface area contributed by atoms with Crippen LogP contribution in [-0.4, -0.2) is 67.2 Å². The van der Waals surface area contributed by atoms with Gasteiger partial charge in [-0.25, -0.2) is 4.98 Å². The lowest BCUT2D eigenvalue weighted by atomic mass is 10.2. The van der Waals surface area contributed by atoms with Gasteiger partial charge in [-0.3, -0.25) is 9.59 Å². The molecule has 0 radical (unpaired) electrons. The van der Waals surface area contributed by atoms with Crippen LogP contribution in [0.4, 0.5) is 11.5 Å². The molecule has 0 unspecified atom stereocenters. The first kappa shape index (κ1) is 21.6. The summed E-state index contributed by atoms with van der Waals surface area (Å²) in [7, 11) is 2.13. The zero-order chi connectivity index (χ0) is 21.6. The second-order valence-corrected chi connectivity index (χ2v) is 9.09. The lowest BCUT2D eigenvalue weighted by Crippen LogP contribution is -2.44. The van der Waals surface area contributed by atoms with E-state index in [-0.39, 0.29) is 24.7 Å². The zero-order valence-corrected chi connectivity index (χ0v) is 18.7. The average Bonchev–Trinajstić information content (AvgIpc) is 2.81. The van der Waals surface area contributed by atoms with E-state index in [1.54, 1.807) is 16.7 Å². The van der Waals surface area contributed by atoms with Crippen LogP contribution in [0.3, 0.4) is 0 Å². The van der Waals surface area contributed by atoms with Gasteiger partial charge in [0.1, 0.15) is 5.82 Å². The van der Waals surface area contributed by atoms with Crippen molar-refractivity contribution in [2.45, 2.75) is 24.3 Å². The number of amides is 2. The number of aromatic nitrogens is 1. The van der Waals surface area contributed by atoms with E-state index < -0.39 is 0 Å². The van der Waals surface area contributed by atoms with E-state index in [1.807, 2.05) is 42.6 Å². The number of benzene rings is 1. The van der Waals surface area contributed by atoms with Crippen molar-refractivity contribution in [3.63, 3.8) is 0 Å². The maximum atomic E-state index is 12.7. The average molecular weight is 440 g/mol. The summed E-state index contributed by atoms with van der Waals surface area (Å²) in [6.45, 7) is 5.15. The number of hydrogen-bond acceptors (Lipinski definition) is 6. The molecule has 1 saturated heterocycles. The van der Waals surface area contributed by atoms with Crippen molar-refractivity contribution in [2.75, 3.05) is 55.3 Å². The van der Waals surface area contributed by atoms with Crippen molar-refractivity contribution >= 4 is 35.1 Å². The summed E-state index contributed by atoms with van der Waals surface area (Å²) in [5, 5.41) is 2.91. The van der Waals surface area contributed by atoms with Crippen molar-refractivity contribution in [1.82, 2.24) is 15.2 Å². The maximum absolute atomic E-state index is 12.7. The Balaban J connectivity index is 1.22. The Morgan fingerprint density at radius 1 is 1.03 bits per heavy atom. The summed E-state index contributed by atoms with van der Waals surface area (Å²) in [6, 6.07) is 12.0. The first-order valence-corrected chi connectivity index (χ1v) is 11.8. The van der Waals surface area contributed by atoms with Crippen molar-refractivity contribution in [2.24, 2.45) is 0 Å². The van der Waals surface area contributed by atoms with Gasteiger partial charge in [-0.2, -0.15) is 0 Å². The molecule has 31 heavy (non-hydrogen) atoms. The van der Waals surface area contributed by atoms with Crippen LogP contribution in [0.25, 0.3) is 0 Å². The van der Waals surface area contributed by atoms with E-state index in [4.69, 9.17) is 0 Å². The second kappa shape index (κ2) is 10.2. The van der Waals surface area contributed by atoms with Crippen LogP contribution in [0.1, 0.15) is 18.4 Å². The van der Waals surface area contributed by atoms with E-state index in [1.165, 1.54) is 0 Å². The van der Waals surface area contributed by atoms with Gasteiger partial charge in [0, 0.05) is 69.0 Å². The van der Waals surface area contributed by atoms with Crippen LogP contribution in [0.15, 0.2) is 47.5 Å². The summed E-state index contributed by atoms with van der Waals surface area (Å²) in [5.74, 6) is 1.75. The van der Waals surface area contributed by atoms with E-state index in [9.17, 15) is 9.59 Å². The molecular formula is C23H29N5O2S. The summed E-state index contributed by atoms with van der Waals surface area (Å²) >= 11 is 1.77. The van der Waals surface area contributed by atoms with Crippen LogP contribution in [0.5, 0.6) is 0 Å². The minimum Gasteiger partial charge on any atom is -0.354 e. The van der Waals surface area contributed by atoms with Crippen LogP contribution in [-0.2, 0) is 16.1 Å². The van der Waals surface area contributed by atoms with Gasteiger partial charge in [-0.15, -0.1) is 11.8 Å². The van der Waals surface area contributed by atoms with Gasteiger partial charge >= 0.3 is 0 Å². The van der Waals surface area contributed by atoms with Crippen LogP contribution in [0.2, 0.25) is 0 Å². The molecule has 1 aromatic heterocycles. The maximum Gasteiger partial charge on any atom is 0.227 e. The third-order valence-electron chi connectivity index (χ3n) is 5.72. The van der Waals surface area contributed by atoms with E-state index in [0.717, 1.165) is 53.9 Å². The monoisotopic (exact) mass is 439 g/mol. The molecule has 1 fully saturated rings. The summed E-state index contributed by atoms with van der Waals surface area (Å²) in [6.07, 6.45) is 2.23. The van der Waals surface area contributed by atoms with Gasteiger partial charge in [0.15, 0.2) is 0 Å². The molecule has 4 rings (SSSR count). The van der Waals surface area contributed by atoms with Gasteiger partial charge in [-0.05, 0) is 30.8 Å². The number of hydrogen-bond donors (Lipinski definition) is 1. The molecular weight excluding hydrogens is 410 g/mol. The predicted molar refractivity (Wildman–Crippen MR) is 125 cm³/mol. The molecule has 0 spiro atoms. The Bertz CT molecular complexity index is 912. The van der Waals surface area contributed by atoms with Gasteiger partial charge in [0.2, 0.25) is 11.8 Å². The SMILES string of the molecule is CN1CCN(c2ccc(CNC(=O)CCC(=O)N3CCSc4ccccc43)cn2)CC1. The molecule has 2 aromatic rings. The number of nitrogens with one attached hydrogen (secondary N) is 1. The Kier molecular flexibility index (Phi) is 7.09. The van der Waals surface area contributed by atoms with Crippen molar-refractivity contribution in [3.8, 4) is 0 Å². The van der Waals surface area contributed by atoms with Crippen LogP contribution in [0, 0.1) is 0 Å². The molecule has 3 heterocycles. The zero-order valence-electron chi connectivity index (χ0n) is 17.9. The van der Waals surface area contributed by atoms with Gasteiger partial charge < -0.3 is 20.0 Å². The van der Waals surface area contributed by atoms with Crippen LogP contribution < -0.4 is 15.1 Å². The topological polar surface area (TPSA) is 68.8 Å². The smallest absolute Gasteiger partial charge is 0.227 e. The highest BCUT2D eigenvalue weighted by Crippen LogP contribution is 2.34. The number of para-hydroxylation sites is 1. The fourth-order valence-corrected chi connectivity index (χ4v) is 4.81. The minimum atomic E-state index is -0.115. The summed E-state index contributed by atoms with van der Waals surface area (Å²) in [5.41, 5.74) is 1.91. The number of piperazine rings is 1. The molecule has 0 saturated carbocycles. The van der Waals surface area contributed by atoms with E-state index in [2.05, 4.69) is 27.1 Å². The van der Waals surface area contributed by atoms with Crippen LogP contribution >= 0.6 is 11.8 Å². The third kappa shape index (κ3) is 5.57. The number of fused-ring (bicyclic) bond motifs is 1. The molecule has 1 N–H and O–H groups in total. The predicted octanol–water partition coefficient (Wildman–Crippen LogP) is 2.37. The first-order valence-electron chi connectivity index (χ1n) is 10.8. The Morgan fingerprint density at radius 2 is 1.84 bits per heavy atom. The lowest BCUT2D eigenvalue weighted by Gasteiger charge is -2.33. The number of nitrogens with zero attached hydrogens (tertiary/aromatic N) is 4. The number of carbonyl (C=O) groups excluding carboxylic acids is 2. The lowest BCUT2D eigenvalue weighted by molar-refractivity contribution is -0.125. The second-order valence-electron chi connectivity index (χ2n) is 7.95. The summed E-state index contributed by atoms with van der Waals surface area (Å²) in [4.78, 5) is 37.0. The number of pyridine rings is 1. The molecule has 7 nitrogen and oxygen atoms in total. The molecule has 0 atom stereocenters. The fraction of sp³-hybridized carbons (Fsp3) is 0.435. The Morgan fingerprint density at radius 3 is 2.61 bits per heavy atom. The van der Waals surface area contributed by atoms with Crippen molar-refractivity contribution in [1.29, 1.82) is 0 Å². The summed E-state index contributed by atoms with van der Waals surface area (Å²) < 4.78 is 0. The molecule has 164 valence electrons. The molecule has 8 heteroatoms. The standard InChI is InChI=1S/C23H29N5O2S/c1-26-10-12-27(13-11-26)21-7-6-18(16-24-21)17-25-22(29)8-9-23(30)28-14-15-31-20-5-3-2-4-19(20)28/h2-7,16H,8-15,17H2,1H3,(H,25,29). The van der Waals surface area contributed by atoms with Gasteiger partial charge in [-0.1, -0.05) is 18.2 Å². The highest BCUT2D eigenvalue weighted by Gasteiger charge is 2.23. The van der Waals surface area contributed by atoms with E-state index in [0.29, 0.717) is 13.1 Å². The van der Waals surface area contributed by atoms with Gasteiger partial charge in [0.25, 0.3) is 0 Å². The third-order valence-corrected chi connectivity index (χ3v) is 6.76. The number of rotatable bonds is 6. The van der Waals surface area contributed by atoms with Crippen molar-refractivity contribution < 1.29 is 9.59 Å². The Hall–Kier alpha value is -2.58. The highest BCUT2D eigenvalue weighted by atomic mass is 32.2. The number of likely N-dealkylation sites (N-methyl/N-ethyl adjacent to an activating group) is 1. The largest absolute Gasteiger partial charge is 0.354 e. The minimum absolute atomic E-state index is 0.00101. The fourth-order valence-electron chi connectivity index (χ4n) is 3.82. The number of anilines is 2.